The fourth-order valence-electron chi connectivity index (χ4n) is 4.71. The molecule has 30 heavy (non-hydrogen) atoms. The summed E-state index contributed by atoms with van der Waals surface area (Å²) in [6.07, 6.45) is 7.90. The molecule has 0 N–H and O–H groups in total. The Bertz CT molecular complexity index is 1040. The van der Waals surface area contributed by atoms with Gasteiger partial charge in [-0.15, -0.1) is 0 Å². The van der Waals surface area contributed by atoms with Gasteiger partial charge in [-0.3, -0.25) is 4.68 Å². The summed E-state index contributed by atoms with van der Waals surface area (Å²) < 4.78 is 36.0. The van der Waals surface area contributed by atoms with E-state index in [0.29, 0.717) is 31.0 Å². The van der Waals surface area contributed by atoms with Crippen molar-refractivity contribution in [2.24, 2.45) is 5.41 Å². The van der Waals surface area contributed by atoms with E-state index in [1.54, 1.807) is 23.5 Å². The summed E-state index contributed by atoms with van der Waals surface area (Å²) in [6, 6.07) is 7.11. The van der Waals surface area contributed by atoms with Crippen LogP contribution in [0.1, 0.15) is 43.0 Å². The molecule has 2 aromatic rings. The molecule has 1 fully saturated rings. The maximum absolute atomic E-state index is 13.3. The van der Waals surface area contributed by atoms with Crippen LogP contribution in [0.25, 0.3) is 6.08 Å². The van der Waals surface area contributed by atoms with Gasteiger partial charge in [0.15, 0.2) is 0 Å². The van der Waals surface area contributed by atoms with Crippen molar-refractivity contribution in [3.05, 3.63) is 52.9 Å². The summed E-state index contributed by atoms with van der Waals surface area (Å²) >= 11 is 0. The first kappa shape index (κ1) is 21.3. The highest BCUT2D eigenvalue weighted by atomic mass is 32.2. The lowest BCUT2D eigenvalue weighted by atomic mass is 9.69. The number of benzene rings is 1. The van der Waals surface area contributed by atoms with Gasteiger partial charge in [-0.2, -0.15) is 9.40 Å². The zero-order valence-corrected chi connectivity index (χ0v) is 18.9. The highest BCUT2D eigenvalue weighted by molar-refractivity contribution is 7.89. The molecule has 2 heterocycles. The Labute approximate surface area is 179 Å². The molecule has 1 aliphatic heterocycles. The zero-order valence-electron chi connectivity index (χ0n) is 18.1. The Kier molecular flexibility index (Phi) is 5.88. The van der Waals surface area contributed by atoms with Gasteiger partial charge in [0.05, 0.1) is 23.4 Å². The van der Waals surface area contributed by atoms with Crippen molar-refractivity contribution in [1.82, 2.24) is 14.1 Å². The topological polar surface area (TPSA) is 64.4 Å². The maximum atomic E-state index is 13.3. The smallest absolute Gasteiger partial charge is 0.243 e. The predicted octanol–water partition coefficient (Wildman–Crippen LogP) is 3.66. The lowest BCUT2D eigenvalue weighted by Gasteiger charge is -2.45. The lowest BCUT2D eigenvalue weighted by Crippen LogP contribution is -2.51. The van der Waals surface area contributed by atoms with Gasteiger partial charge in [0.25, 0.3) is 0 Å². The fourth-order valence-corrected chi connectivity index (χ4v) is 6.23. The van der Waals surface area contributed by atoms with Crippen molar-refractivity contribution in [3.8, 4) is 0 Å². The monoisotopic (exact) mass is 429 g/mol. The number of fused-ring (bicyclic) bond motifs is 2. The first-order chi connectivity index (χ1) is 14.4. The highest BCUT2D eigenvalue weighted by Crippen LogP contribution is 2.45. The summed E-state index contributed by atoms with van der Waals surface area (Å²) in [5.74, 6) is 0. The number of hydrogen-bond donors (Lipinski definition) is 0. The molecule has 1 aliphatic carbocycles. The Morgan fingerprint density at radius 2 is 2.00 bits per heavy atom. The number of methoxy groups -OCH3 is 1. The summed E-state index contributed by atoms with van der Waals surface area (Å²) in [5.41, 5.74) is 4.36. The Balaban J connectivity index is 1.66. The minimum absolute atomic E-state index is 0.337. The molecule has 6 nitrogen and oxygen atoms in total. The molecular formula is C23H31N3O3S. The molecule has 0 bridgehead atoms. The van der Waals surface area contributed by atoms with Gasteiger partial charge in [-0.25, -0.2) is 8.42 Å². The molecule has 1 unspecified atom stereocenters. The van der Waals surface area contributed by atoms with E-state index in [1.165, 1.54) is 16.8 Å². The highest BCUT2D eigenvalue weighted by Gasteiger charge is 2.46. The largest absolute Gasteiger partial charge is 0.384 e. The number of rotatable bonds is 7. The van der Waals surface area contributed by atoms with Crippen LogP contribution >= 0.6 is 0 Å². The van der Waals surface area contributed by atoms with E-state index in [2.05, 4.69) is 22.8 Å². The SMILES string of the molecule is CCCCn1ncc2c1C=C1CCN(S(=O)(=O)c3ccc(C)cc3)CC1(COC)C2. The van der Waals surface area contributed by atoms with E-state index in [9.17, 15) is 8.42 Å². The summed E-state index contributed by atoms with van der Waals surface area (Å²) in [4.78, 5) is 0.358. The number of unbranched alkanes of at least 4 members (excludes halogenated alkanes) is 1. The van der Waals surface area contributed by atoms with Crippen LogP contribution in [0, 0.1) is 12.3 Å². The average Bonchev–Trinajstić information content (AvgIpc) is 3.11. The third-order valence-electron chi connectivity index (χ3n) is 6.39. The van der Waals surface area contributed by atoms with Crippen LogP contribution in [-0.2, 0) is 27.7 Å². The van der Waals surface area contributed by atoms with Crippen molar-refractivity contribution < 1.29 is 13.2 Å². The van der Waals surface area contributed by atoms with E-state index in [1.807, 2.05) is 25.3 Å². The van der Waals surface area contributed by atoms with Crippen LogP contribution in [0.3, 0.4) is 0 Å². The van der Waals surface area contributed by atoms with Crippen molar-refractivity contribution >= 4 is 16.1 Å². The van der Waals surface area contributed by atoms with Crippen LogP contribution in [-0.4, -0.2) is 49.3 Å². The summed E-state index contributed by atoms with van der Waals surface area (Å²) in [6.45, 7) is 6.48. The number of ether oxygens (including phenoxy) is 1. The van der Waals surface area contributed by atoms with Crippen LogP contribution in [0.5, 0.6) is 0 Å². The van der Waals surface area contributed by atoms with Gasteiger partial charge in [0, 0.05) is 32.2 Å². The predicted molar refractivity (Wildman–Crippen MR) is 118 cm³/mol. The second-order valence-corrected chi connectivity index (χ2v) is 10.5. The Morgan fingerprint density at radius 1 is 1.23 bits per heavy atom. The van der Waals surface area contributed by atoms with E-state index in [0.717, 1.165) is 31.4 Å². The quantitative estimate of drug-likeness (QED) is 0.674. The van der Waals surface area contributed by atoms with Gasteiger partial charge in [-0.1, -0.05) is 36.6 Å². The van der Waals surface area contributed by atoms with Gasteiger partial charge >= 0.3 is 0 Å². The van der Waals surface area contributed by atoms with Crippen LogP contribution in [0.15, 0.2) is 40.9 Å². The molecule has 2 aliphatic rings. The van der Waals surface area contributed by atoms with E-state index < -0.39 is 10.0 Å². The minimum Gasteiger partial charge on any atom is -0.384 e. The number of aromatic nitrogens is 2. The van der Waals surface area contributed by atoms with Gasteiger partial charge in [-0.05, 0) is 50.0 Å². The molecule has 0 saturated carbocycles. The van der Waals surface area contributed by atoms with E-state index >= 15 is 0 Å². The summed E-state index contributed by atoms with van der Waals surface area (Å²) in [7, 11) is -1.85. The van der Waals surface area contributed by atoms with Gasteiger partial charge in [0.2, 0.25) is 10.0 Å². The first-order valence-corrected chi connectivity index (χ1v) is 12.1. The Morgan fingerprint density at radius 3 is 2.70 bits per heavy atom. The minimum atomic E-state index is -3.54. The molecule has 1 aromatic carbocycles. The fraction of sp³-hybridized carbons (Fsp3) is 0.522. The molecule has 7 heteroatoms. The molecule has 162 valence electrons. The average molecular weight is 430 g/mol. The number of aryl methyl sites for hydroxylation is 2. The number of nitrogens with zero attached hydrogens (tertiary/aromatic N) is 3. The molecule has 0 radical (unpaired) electrons. The van der Waals surface area contributed by atoms with Crippen molar-refractivity contribution in [3.63, 3.8) is 0 Å². The van der Waals surface area contributed by atoms with Gasteiger partial charge in [0.1, 0.15) is 0 Å². The van der Waals surface area contributed by atoms with Crippen LogP contribution < -0.4 is 0 Å². The van der Waals surface area contributed by atoms with Crippen LogP contribution in [0.4, 0.5) is 0 Å². The molecule has 4 rings (SSSR count). The van der Waals surface area contributed by atoms with Crippen molar-refractivity contribution in [1.29, 1.82) is 0 Å². The zero-order chi connectivity index (χ0) is 21.4. The molecule has 0 spiro atoms. The molecule has 0 amide bonds. The van der Waals surface area contributed by atoms with E-state index in [4.69, 9.17) is 4.74 Å². The number of sulfonamides is 1. The maximum Gasteiger partial charge on any atom is 0.243 e. The van der Waals surface area contributed by atoms with Crippen LogP contribution in [0.2, 0.25) is 0 Å². The molecule has 1 aromatic heterocycles. The molecule has 1 atom stereocenters. The standard InChI is InChI=1S/C23H31N3O3S/c1-4-5-11-26-22-13-20-10-12-25(30(27,28)21-8-6-18(2)7-9-21)16-23(20,17-29-3)14-19(22)15-24-26/h6-9,13,15H,4-5,10-12,14,16-17H2,1-3H3. The molecular weight excluding hydrogens is 398 g/mol. The third-order valence-corrected chi connectivity index (χ3v) is 8.25. The first-order valence-electron chi connectivity index (χ1n) is 10.7. The lowest BCUT2D eigenvalue weighted by molar-refractivity contribution is 0.0732. The second-order valence-electron chi connectivity index (χ2n) is 8.59. The van der Waals surface area contributed by atoms with Crippen molar-refractivity contribution in [2.75, 3.05) is 26.8 Å². The second kappa shape index (κ2) is 8.29. The summed E-state index contributed by atoms with van der Waals surface area (Å²) in [5, 5.41) is 4.61. The number of piperidine rings is 1. The van der Waals surface area contributed by atoms with Crippen molar-refractivity contribution in [2.45, 2.75) is 51.0 Å². The molecule has 1 saturated heterocycles. The Hall–Kier alpha value is -1.96. The van der Waals surface area contributed by atoms with E-state index in [-0.39, 0.29) is 5.41 Å². The van der Waals surface area contributed by atoms with Gasteiger partial charge < -0.3 is 4.74 Å². The number of hydrogen-bond acceptors (Lipinski definition) is 4. The normalized spacial score (nSPS) is 21.8. The third kappa shape index (κ3) is 3.74.